The van der Waals surface area contributed by atoms with Crippen LogP contribution in [0.5, 0.6) is 5.75 Å². The first kappa shape index (κ1) is 16.1. The van der Waals surface area contributed by atoms with Crippen LogP contribution in [0, 0.1) is 0 Å². The third kappa shape index (κ3) is 4.87. The number of nitrogens with zero attached hydrogens (tertiary/aromatic N) is 1. The van der Waals surface area contributed by atoms with Crippen LogP contribution in [0.4, 0.5) is 0 Å². The fourth-order valence-electron chi connectivity index (χ4n) is 3.09. The maximum atomic E-state index is 9.70. The van der Waals surface area contributed by atoms with E-state index in [4.69, 9.17) is 4.74 Å². The van der Waals surface area contributed by atoms with Gasteiger partial charge in [-0.2, -0.15) is 0 Å². The van der Waals surface area contributed by atoms with Crippen LogP contribution in [0.3, 0.4) is 0 Å². The highest BCUT2D eigenvalue weighted by Gasteiger charge is 2.24. The van der Waals surface area contributed by atoms with Crippen molar-refractivity contribution in [2.75, 3.05) is 13.7 Å². The molecular formula is C18H27NO2. The lowest BCUT2D eigenvalue weighted by Crippen LogP contribution is -2.39. The topological polar surface area (TPSA) is 32.7 Å². The van der Waals surface area contributed by atoms with Crippen molar-refractivity contribution in [1.29, 1.82) is 0 Å². The highest BCUT2D eigenvalue weighted by Crippen LogP contribution is 2.25. The third-order valence-electron chi connectivity index (χ3n) is 4.18. The Morgan fingerprint density at radius 2 is 2.05 bits per heavy atom. The van der Waals surface area contributed by atoms with Gasteiger partial charge in [0.1, 0.15) is 5.75 Å². The van der Waals surface area contributed by atoms with E-state index in [1.165, 1.54) is 11.1 Å². The first-order valence-corrected chi connectivity index (χ1v) is 7.78. The highest BCUT2D eigenvalue weighted by molar-refractivity contribution is 5.28. The minimum atomic E-state index is -0.107. The summed E-state index contributed by atoms with van der Waals surface area (Å²) in [5, 5.41) is 9.70. The van der Waals surface area contributed by atoms with Crippen molar-refractivity contribution in [2.45, 2.75) is 51.3 Å². The first-order valence-electron chi connectivity index (χ1n) is 7.78. The Hall–Kier alpha value is -1.32. The fourth-order valence-corrected chi connectivity index (χ4v) is 3.09. The molecule has 0 spiro atoms. The SMILES string of the molecule is C=C(C)CN(Cc1cccc(OC)c1)C1CCC(O)CC1. The van der Waals surface area contributed by atoms with E-state index < -0.39 is 0 Å². The molecular weight excluding hydrogens is 262 g/mol. The van der Waals surface area contributed by atoms with E-state index in [0.717, 1.165) is 44.5 Å². The van der Waals surface area contributed by atoms with E-state index in [9.17, 15) is 5.11 Å². The van der Waals surface area contributed by atoms with E-state index in [2.05, 4.69) is 30.5 Å². The summed E-state index contributed by atoms with van der Waals surface area (Å²) in [4.78, 5) is 2.49. The molecule has 2 rings (SSSR count). The molecule has 1 aromatic rings. The molecule has 1 fully saturated rings. The Balaban J connectivity index is 2.06. The number of aliphatic hydroxyl groups excluding tert-OH is 1. The zero-order valence-corrected chi connectivity index (χ0v) is 13.2. The molecule has 0 bridgehead atoms. The second kappa shape index (κ2) is 7.62. The van der Waals surface area contributed by atoms with Crippen LogP contribution < -0.4 is 4.74 Å². The summed E-state index contributed by atoms with van der Waals surface area (Å²) >= 11 is 0. The van der Waals surface area contributed by atoms with Gasteiger partial charge in [-0.3, -0.25) is 4.90 Å². The second-order valence-electron chi connectivity index (χ2n) is 6.18. The van der Waals surface area contributed by atoms with Gasteiger partial charge in [-0.05, 0) is 50.3 Å². The van der Waals surface area contributed by atoms with E-state index in [1.807, 2.05) is 12.1 Å². The number of hydrogen-bond acceptors (Lipinski definition) is 3. The number of hydrogen-bond donors (Lipinski definition) is 1. The van der Waals surface area contributed by atoms with Crippen LogP contribution in [0.1, 0.15) is 38.2 Å². The molecule has 0 unspecified atom stereocenters. The van der Waals surface area contributed by atoms with E-state index in [0.29, 0.717) is 6.04 Å². The van der Waals surface area contributed by atoms with Gasteiger partial charge in [0.2, 0.25) is 0 Å². The summed E-state index contributed by atoms with van der Waals surface area (Å²) in [7, 11) is 1.70. The van der Waals surface area contributed by atoms with Crippen molar-refractivity contribution in [3.05, 3.63) is 42.0 Å². The molecule has 0 saturated heterocycles. The molecule has 1 N–H and O–H groups in total. The van der Waals surface area contributed by atoms with Gasteiger partial charge in [0.15, 0.2) is 0 Å². The van der Waals surface area contributed by atoms with E-state index >= 15 is 0 Å². The maximum absolute atomic E-state index is 9.70. The van der Waals surface area contributed by atoms with Crippen molar-refractivity contribution in [2.24, 2.45) is 0 Å². The van der Waals surface area contributed by atoms with Crippen molar-refractivity contribution < 1.29 is 9.84 Å². The summed E-state index contributed by atoms with van der Waals surface area (Å²) in [5.41, 5.74) is 2.45. The van der Waals surface area contributed by atoms with Gasteiger partial charge < -0.3 is 9.84 Å². The van der Waals surface area contributed by atoms with Gasteiger partial charge in [-0.1, -0.05) is 24.3 Å². The second-order valence-corrected chi connectivity index (χ2v) is 6.18. The molecule has 1 aliphatic rings. The zero-order chi connectivity index (χ0) is 15.2. The standard InChI is InChI=1S/C18H27NO2/c1-14(2)12-19(16-7-9-17(20)10-8-16)13-15-5-4-6-18(11-15)21-3/h4-6,11,16-17,20H,1,7-10,12-13H2,2-3H3. The number of methoxy groups -OCH3 is 1. The molecule has 1 saturated carbocycles. The molecule has 0 radical (unpaired) electrons. The number of benzene rings is 1. The minimum absolute atomic E-state index is 0.107. The lowest BCUT2D eigenvalue weighted by molar-refractivity contribution is 0.0745. The average molecular weight is 289 g/mol. The zero-order valence-electron chi connectivity index (χ0n) is 13.2. The number of ether oxygens (including phenoxy) is 1. The Kier molecular flexibility index (Phi) is 5.83. The molecule has 3 heteroatoms. The monoisotopic (exact) mass is 289 g/mol. The maximum Gasteiger partial charge on any atom is 0.119 e. The smallest absolute Gasteiger partial charge is 0.119 e. The van der Waals surface area contributed by atoms with E-state index in [1.54, 1.807) is 7.11 Å². The molecule has 1 aromatic carbocycles. The lowest BCUT2D eigenvalue weighted by atomic mass is 9.91. The predicted molar refractivity (Wildman–Crippen MR) is 86.5 cm³/mol. The molecule has 21 heavy (non-hydrogen) atoms. The molecule has 116 valence electrons. The van der Waals surface area contributed by atoms with Gasteiger partial charge in [-0.15, -0.1) is 0 Å². The number of aliphatic hydroxyl groups is 1. The van der Waals surface area contributed by atoms with Crippen LogP contribution in [0.25, 0.3) is 0 Å². The molecule has 0 amide bonds. The normalized spacial score (nSPS) is 22.3. The quantitative estimate of drug-likeness (QED) is 0.815. The summed E-state index contributed by atoms with van der Waals surface area (Å²) in [6, 6.07) is 8.80. The Morgan fingerprint density at radius 1 is 1.33 bits per heavy atom. The number of rotatable bonds is 6. The highest BCUT2D eigenvalue weighted by atomic mass is 16.5. The van der Waals surface area contributed by atoms with Crippen molar-refractivity contribution in [3.8, 4) is 5.75 Å². The Labute approximate surface area is 128 Å². The fraction of sp³-hybridized carbons (Fsp3) is 0.556. The predicted octanol–water partition coefficient (Wildman–Crippen LogP) is 3.38. The van der Waals surface area contributed by atoms with Crippen molar-refractivity contribution in [3.63, 3.8) is 0 Å². The molecule has 0 aromatic heterocycles. The van der Waals surface area contributed by atoms with Crippen LogP contribution in [-0.4, -0.2) is 35.8 Å². The van der Waals surface area contributed by atoms with Crippen LogP contribution >= 0.6 is 0 Å². The summed E-state index contributed by atoms with van der Waals surface area (Å²) < 4.78 is 5.31. The summed E-state index contributed by atoms with van der Waals surface area (Å²) in [5.74, 6) is 0.904. The molecule has 0 heterocycles. The van der Waals surface area contributed by atoms with E-state index in [-0.39, 0.29) is 6.10 Å². The lowest BCUT2D eigenvalue weighted by Gasteiger charge is -2.36. The molecule has 0 atom stereocenters. The van der Waals surface area contributed by atoms with Gasteiger partial charge in [-0.25, -0.2) is 0 Å². The van der Waals surface area contributed by atoms with Crippen molar-refractivity contribution in [1.82, 2.24) is 4.90 Å². The Bertz CT molecular complexity index is 464. The van der Waals surface area contributed by atoms with Gasteiger partial charge in [0.25, 0.3) is 0 Å². The van der Waals surface area contributed by atoms with Gasteiger partial charge in [0, 0.05) is 19.1 Å². The largest absolute Gasteiger partial charge is 0.497 e. The van der Waals surface area contributed by atoms with Crippen LogP contribution in [0.15, 0.2) is 36.4 Å². The van der Waals surface area contributed by atoms with Gasteiger partial charge in [0.05, 0.1) is 13.2 Å². The summed E-state index contributed by atoms with van der Waals surface area (Å²) in [6.45, 7) is 7.97. The van der Waals surface area contributed by atoms with Gasteiger partial charge >= 0.3 is 0 Å². The molecule has 0 aliphatic heterocycles. The molecule has 1 aliphatic carbocycles. The third-order valence-corrected chi connectivity index (χ3v) is 4.18. The Morgan fingerprint density at radius 3 is 2.67 bits per heavy atom. The average Bonchev–Trinajstić information content (AvgIpc) is 2.47. The molecule has 3 nitrogen and oxygen atoms in total. The first-order chi connectivity index (χ1) is 10.1. The van der Waals surface area contributed by atoms with Crippen LogP contribution in [0.2, 0.25) is 0 Å². The minimum Gasteiger partial charge on any atom is -0.497 e. The summed E-state index contributed by atoms with van der Waals surface area (Å²) in [6.07, 6.45) is 3.85. The van der Waals surface area contributed by atoms with Crippen molar-refractivity contribution >= 4 is 0 Å². The van der Waals surface area contributed by atoms with Crippen LogP contribution in [-0.2, 0) is 6.54 Å².